The highest BCUT2D eigenvalue weighted by Gasteiger charge is 2.30. The van der Waals surface area contributed by atoms with Gasteiger partial charge >= 0.3 is 0 Å². The molecule has 0 spiro atoms. The third kappa shape index (κ3) is 7.37. The van der Waals surface area contributed by atoms with Gasteiger partial charge in [0.1, 0.15) is 12.9 Å². The first-order valence-corrected chi connectivity index (χ1v) is 8.88. The molecular weight excluding hydrogens is 312 g/mol. The molecule has 3 nitrogen and oxygen atoms in total. The van der Waals surface area contributed by atoms with Crippen LogP contribution in [0.4, 0.5) is 0 Å². The van der Waals surface area contributed by atoms with E-state index >= 15 is 0 Å². The summed E-state index contributed by atoms with van der Waals surface area (Å²) in [5.74, 6) is 0. The van der Waals surface area contributed by atoms with Crippen molar-refractivity contribution in [1.82, 2.24) is 0 Å². The third-order valence-corrected chi connectivity index (χ3v) is 4.64. The molecule has 0 saturated heterocycles. The molecule has 0 saturated carbocycles. The highest BCUT2D eigenvalue weighted by atomic mass is 16.5. The van der Waals surface area contributed by atoms with E-state index < -0.39 is 0 Å². The van der Waals surface area contributed by atoms with Crippen molar-refractivity contribution >= 4 is 6.29 Å². The number of hydrogen-bond donors (Lipinski definition) is 1. The predicted octanol–water partition coefficient (Wildman–Crippen LogP) is 4.70. The van der Waals surface area contributed by atoms with Crippen molar-refractivity contribution in [3.8, 4) is 0 Å². The molecule has 0 fully saturated rings. The number of aldehydes is 1. The Morgan fingerprint density at radius 2 is 1.96 bits per heavy atom. The number of carbonyl (C=O) groups is 1. The van der Waals surface area contributed by atoms with E-state index in [4.69, 9.17) is 4.74 Å². The second-order valence-corrected chi connectivity index (χ2v) is 7.29. The zero-order valence-corrected chi connectivity index (χ0v) is 16.2. The number of aliphatic hydroxyl groups is 1. The van der Waals surface area contributed by atoms with E-state index in [1.807, 2.05) is 32.1 Å². The minimum absolute atomic E-state index is 0.108. The summed E-state index contributed by atoms with van der Waals surface area (Å²) in [5, 5.41) is 10.1. The van der Waals surface area contributed by atoms with Crippen molar-refractivity contribution in [3.63, 3.8) is 0 Å². The van der Waals surface area contributed by atoms with Gasteiger partial charge < -0.3 is 14.6 Å². The van der Waals surface area contributed by atoms with Gasteiger partial charge in [-0.3, -0.25) is 0 Å². The smallest absolute Gasteiger partial charge is 0.145 e. The second kappa shape index (κ2) is 10.3. The lowest BCUT2D eigenvalue weighted by molar-refractivity contribution is -0.111. The maximum absolute atomic E-state index is 10.2. The van der Waals surface area contributed by atoms with E-state index in [0.29, 0.717) is 6.61 Å². The summed E-state index contributed by atoms with van der Waals surface area (Å²) >= 11 is 0. The van der Waals surface area contributed by atoms with Gasteiger partial charge in [-0.05, 0) is 50.2 Å². The number of aliphatic hydroxyl groups excluding tert-OH is 1. The summed E-state index contributed by atoms with van der Waals surface area (Å²) < 4.78 is 5.09. The molecule has 0 aliphatic heterocycles. The highest BCUT2D eigenvalue weighted by Crippen LogP contribution is 2.40. The molecule has 0 aromatic rings. The minimum Gasteiger partial charge on any atom is -0.389 e. The maximum Gasteiger partial charge on any atom is 0.145 e. The SMILES string of the molecule is CC1=C(/C=C/C(C)=C/C=C/C(C)=C/COCC=O)C(C)(C)CCC1O. The van der Waals surface area contributed by atoms with Gasteiger partial charge in [-0.15, -0.1) is 0 Å². The molecule has 0 bridgehead atoms. The number of hydrogen-bond acceptors (Lipinski definition) is 3. The number of ether oxygens (including phenoxy) is 1. The molecule has 1 aliphatic rings. The first kappa shape index (κ1) is 21.3. The first-order chi connectivity index (χ1) is 11.8. The second-order valence-electron chi connectivity index (χ2n) is 7.29. The van der Waals surface area contributed by atoms with Gasteiger partial charge in [-0.2, -0.15) is 0 Å². The first-order valence-electron chi connectivity index (χ1n) is 8.88. The molecule has 25 heavy (non-hydrogen) atoms. The Bertz CT molecular complexity index is 601. The molecule has 1 rings (SSSR count). The van der Waals surface area contributed by atoms with Gasteiger partial charge in [0.25, 0.3) is 0 Å². The normalized spacial score (nSPS) is 22.2. The number of allylic oxidation sites excluding steroid dienone is 8. The Balaban J connectivity index is 2.71. The standard InChI is InChI=1S/C22H32O3/c1-17(7-6-8-18(2)12-15-25-16-14-23)9-10-20-19(3)21(24)11-13-22(20,4)5/h6-10,12,14,21,24H,11,13,15-16H2,1-5H3/b8-6+,10-9+,17-7+,18-12+. The largest absolute Gasteiger partial charge is 0.389 e. The monoisotopic (exact) mass is 344 g/mol. The van der Waals surface area contributed by atoms with E-state index in [-0.39, 0.29) is 18.1 Å². The van der Waals surface area contributed by atoms with Gasteiger partial charge in [0.2, 0.25) is 0 Å². The molecule has 1 unspecified atom stereocenters. The summed E-state index contributed by atoms with van der Waals surface area (Å²) in [6.45, 7) is 11.2. The lowest BCUT2D eigenvalue weighted by atomic mass is 9.71. The van der Waals surface area contributed by atoms with Crippen LogP contribution in [-0.2, 0) is 9.53 Å². The highest BCUT2D eigenvalue weighted by molar-refractivity contribution is 5.50. The van der Waals surface area contributed by atoms with E-state index in [9.17, 15) is 9.90 Å². The van der Waals surface area contributed by atoms with Crippen molar-refractivity contribution in [3.05, 3.63) is 58.7 Å². The fraction of sp³-hybridized carbons (Fsp3) is 0.500. The van der Waals surface area contributed by atoms with E-state index in [2.05, 4.69) is 39.0 Å². The fourth-order valence-corrected chi connectivity index (χ4v) is 2.92. The molecule has 0 radical (unpaired) electrons. The molecule has 0 heterocycles. The summed E-state index contributed by atoms with van der Waals surface area (Å²) in [7, 11) is 0. The van der Waals surface area contributed by atoms with Crippen molar-refractivity contribution in [1.29, 1.82) is 0 Å². The quantitative estimate of drug-likeness (QED) is 0.394. The Morgan fingerprint density at radius 1 is 1.24 bits per heavy atom. The zero-order valence-electron chi connectivity index (χ0n) is 16.2. The van der Waals surface area contributed by atoms with Crippen molar-refractivity contribution in [2.45, 2.75) is 53.6 Å². The van der Waals surface area contributed by atoms with Gasteiger partial charge in [0, 0.05) is 0 Å². The topological polar surface area (TPSA) is 46.5 Å². The van der Waals surface area contributed by atoms with Gasteiger partial charge in [-0.25, -0.2) is 0 Å². The Morgan fingerprint density at radius 3 is 2.64 bits per heavy atom. The molecule has 0 amide bonds. The van der Waals surface area contributed by atoms with Crippen LogP contribution in [0.3, 0.4) is 0 Å². The van der Waals surface area contributed by atoms with Crippen molar-refractivity contribution < 1.29 is 14.6 Å². The van der Waals surface area contributed by atoms with E-state index in [1.165, 1.54) is 5.57 Å². The third-order valence-electron chi connectivity index (χ3n) is 4.64. The summed E-state index contributed by atoms with van der Waals surface area (Å²) in [5.41, 5.74) is 4.68. The van der Waals surface area contributed by atoms with Gasteiger partial charge in [0.15, 0.2) is 0 Å². The molecule has 3 heteroatoms. The summed E-state index contributed by atoms with van der Waals surface area (Å²) in [4.78, 5) is 10.2. The van der Waals surface area contributed by atoms with Crippen LogP contribution in [0.15, 0.2) is 58.7 Å². The van der Waals surface area contributed by atoms with Crippen LogP contribution in [0, 0.1) is 5.41 Å². The number of carbonyl (C=O) groups excluding carboxylic acids is 1. The minimum atomic E-state index is -0.314. The molecule has 1 aliphatic carbocycles. The van der Waals surface area contributed by atoms with Crippen LogP contribution in [0.1, 0.15) is 47.5 Å². The van der Waals surface area contributed by atoms with Crippen molar-refractivity contribution in [2.75, 3.05) is 13.2 Å². The Labute approximate surface area is 152 Å². The van der Waals surface area contributed by atoms with Crippen LogP contribution in [0.5, 0.6) is 0 Å². The average molecular weight is 344 g/mol. The lowest BCUT2D eigenvalue weighted by Gasteiger charge is -2.35. The fourth-order valence-electron chi connectivity index (χ4n) is 2.92. The molecule has 0 aromatic carbocycles. The summed E-state index contributed by atoms with van der Waals surface area (Å²) in [6, 6.07) is 0. The average Bonchev–Trinajstić information content (AvgIpc) is 2.55. The van der Waals surface area contributed by atoms with E-state index in [1.54, 1.807) is 0 Å². The van der Waals surface area contributed by atoms with Gasteiger partial charge in [-0.1, -0.05) is 61.4 Å². The van der Waals surface area contributed by atoms with Crippen LogP contribution in [0.25, 0.3) is 0 Å². The molecular formula is C22H32O3. The van der Waals surface area contributed by atoms with E-state index in [0.717, 1.165) is 35.8 Å². The molecule has 1 atom stereocenters. The zero-order chi connectivity index (χ0) is 18.9. The maximum atomic E-state index is 10.2. The van der Waals surface area contributed by atoms with Crippen molar-refractivity contribution in [2.24, 2.45) is 5.41 Å². The Hall–Kier alpha value is -1.71. The van der Waals surface area contributed by atoms with Crippen LogP contribution in [-0.4, -0.2) is 30.7 Å². The van der Waals surface area contributed by atoms with Crippen LogP contribution in [0.2, 0.25) is 0 Å². The molecule has 0 aromatic heterocycles. The number of rotatable bonds is 8. The van der Waals surface area contributed by atoms with Crippen LogP contribution >= 0.6 is 0 Å². The van der Waals surface area contributed by atoms with Crippen LogP contribution < -0.4 is 0 Å². The summed E-state index contributed by atoms with van der Waals surface area (Å²) in [6.07, 6.45) is 14.6. The lowest BCUT2D eigenvalue weighted by Crippen LogP contribution is -2.27. The predicted molar refractivity (Wildman–Crippen MR) is 104 cm³/mol. The Kier molecular flexibility index (Phi) is 8.81. The van der Waals surface area contributed by atoms with Gasteiger partial charge in [0.05, 0.1) is 12.7 Å². The molecule has 138 valence electrons. The molecule has 1 N–H and O–H groups in total.